The predicted molar refractivity (Wildman–Crippen MR) is 98.3 cm³/mol. The molecular weight excluding hydrogens is 518 g/mol. The van der Waals surface area contributed by atoms with E-state index in [0.29, 0.717) is 0 Å². The molecule has 0 aromatic heterocycles. The molecule has 1 unspecified atom stereocenters. The van der Waals surface area contributed by atoms with Gasteiger partial charge in [0.2, 0.25) is 0 Å². The molecule has 0 saturated carbocycles. The lowest BCUT2D eigenvalue weighted by atomic mass is 10.0. The maximum atomic E-state index is 6.23. The lowest BCUT2D eigenvalue weighted by Gasteiger charge is -2.16. The van der Waals surface area contributed by atoms with Crippen LogP contribution in [0.15, 0.2) is 34.8 Å². The zero-order valence-corrected chi connectivity index (χ0v) is 16.4. The summed E-state index contributed by atoms with van der Waals surface area (Å²) in [7, 11) is 0. The Morgan fingerprint density at radius 3 is 2.80 bits per heavy atom. The van der Waals surface area contributed by atoms with E-state index in [1.807, 2.05) is 12.1 Å². The van der Waals surface area contributed by atoms with E-state index in [0.717, 1.165) is 43.0 Å². The molecule has 0 spiro atoms. The second kappa shape index (κ2) is 6.15. The summed E-state index contributed by atoms with van der Waals surface area (Å²) >= 11 is 15.8. The molecule has 20 heavy (non-hydrogen) atoms. The minimum atomic E-state index is 0.0707. The smallest absolute Gasteiger partial charge is 0.127 e. The van der Waals surface area contributed by atoms with E-state index in [2.05, 4.69) is 72.6 Å². The molecule has 1 aliphatic rings. The molecule has 2 aromatic rings. The van der Waals surface area contributed by atoms with Crippen LogP contribution in [-0.4, -0.2) is 6.61 Å². The Bertz CT molecular complexity index is 675. The molecule has 0 aliphatic carbocycles. The average Bonchev–Trinajstić information content (AvgIpc) is 2.88. The number of hydrogen-bond donors (Lipinski definition) is 0. The highest BCUT2D eigenvalue weighted by Crippen LogP contribution is 2.43. The van der Waals surface area contributed by atoms with Crippen molar-refractivity contribution < 1.29 is 4.74 Å². The molecule has 0 N–H and O–H groups in total. The second-order valence-electron chi connectivity index (χ2n) is 4.62. The molecule has 3 rings (SSSR count). The Kier molecular flexibility index (Phi) is 4.65. The summed E-state index contributed by atoms with van der Waals surface area (Å²) < 4.78 is 7.94. The number of ether oxygens (including phenoxy) is 1. The number of benzene rings is 2. The zero-order valence-electron chi connectivity index (χ0n) is 10.3. The van der Waals surface area contributed by atoms with Gasteiger partial charge in [-0.1, -0.05) is 49.5 Å². The van der Waals surface area contributed by atoms with Crippen molar-refractivity contribution in [1.82, 2.24) is 0 Å². The molecule has 5 heteroatoms. The second-order valence-corrected chi connectivity index (χ2v) is 8.02. The van der Waals surface area contributed by atoms with E-state index in [4.69, 9.17) is 16.3 Å². The van der Waals surface area contributed by atoms with Crippen molar-refractivity contribution in [3.8, 4) is 5.75 Å². The number of fused-ring (bicyclic) bond motifs is 1. The van der Waals surface area contributed by atoms with E-state index in [9.17, 15) is 0 Å². The molecular formula is C15H10Br2ClIO. The monoisotopic (exact) mass is 526 g/mol. The topological polar surface area (TPSA) is 9.23 Å². The van der Waals surface area contributed by atoms with Crippen molar-refractivity contribution in [3.63, 3.8) is 0 Å². The van der Waals surface area contributed by atoms with E-state index in [-0.39, 0.29) is 4.83 Å². The molecule has 1 atom stereocenters. The third kappa shape index (κ3) is 2.89. The van der Waals surface area contributed by atoms with Crippen molar-refractivity contribution in [2.45, 2.75) is 11.2 Å². The summed E-state index contributed by atoms with van der Waals surface area (Å²) in [5.41, 5.74) is 3.53. The summed E-state index contributed by atoms with van der Waals surface area (Å²) in [5, 5.41) is 0.778. The first kappa shape index (κ1) is 15.1. The highest BCUT2D eigenvalue weighted by Gasteiger charge is 2.23. The lowest BCUT2D eigenvalue weighted by molar-refractivity contribution is 0.354. The molecule has 0 bridgehead atoms. The standard InChI is InChI=1S/C15H10Br2ClIO/c16-10-5-9-3-4-20-15(9)11(7-10)14(17)8-1-2-13(19)12(18)6-8/h1-2,5-7,14H,3-4H2. The van der Waals surface area contributed by atoms with Gasteiger partial charge in [-0.3, -0.25) is 0 Å². The maximum absolute atomic E-state index is 6.23. The van der Waals surface area contributed by atoms with Gasteiger partial charge in [-0.05, 0) is 58.0 Å². The van der Waals surface area contributed by atoms with Crippen LogP contribution in [-0.2, 0) is 6.42 Å². The number of rotatable bonds is 2. The maximum Gasteiger partial charge on any atom is 0.127 e. The van der Waals surface area contributed by atoms with Crippen LogP contribution >= 0.6 is 66.1 Å². The highest BCUT2D eigenvalue weighted by atomic mass is 127. The normalized spacial score (nSPS) is 14.8. The Hall–Kier alpha value is 0.220. The minimum Gasteiger partial charge on any atom is -0.493 e. The van der Waals surface area contributed by atoms with Gasteiger partial charge in [-0.2, -0.15) is 0 Å². The van der Waals surface area contributed by atoms with Crippen molar-refractivity contribution in [2.24, 2.45) is 0 Å². The van der Waals surface area contributed by atoms with Crippen molar-refractivity contribution in [1.29, 1.82) is 0 Å². The van der Waals surface area contributed by atoms with Crippen LogP contribution in [0.4, 0.5) is 0 Å². The van der Waals surface area contributed by atoms with Crippen LogP contribution in [0.25, 0.3) is 0 Å². The van der Waals surface area contributed by atoms with Gasteiger partial charge >= 0.3 is 0 Å². The van der Waals surface area contributed by atoms with Crippen LogP contribution in [0.3, 0.4) is 0 Å². The van der Waals surface area contributed by atoms with Gasteiger partial charge in [0, 0.05) is 20.0 Å². The zero-order chi connectivity index (χ0) is 14.3. The first-order valence-electron chi connectivity index (χ1n) is 6.10. The van der Waals surface area contributed by atoms with Crippen LogP contribution in [0.5, 0.6) is 5.75 Å². The Balaban J connectivity index is 2.06. The Labute approximate surface area is 153 Å². The lowest BCUT2D eigenvalue weighted by Crippen LogP contribution is -1.97. The van der Waals surface area contributed by atoms with Gasteiger partial charge in [0.1, 0.15) is 5.75 Å². The van der Waals surface area contributed by atoms with Crippen molar-refractivity contribution >= 4 is 66.1 Å². The third-order valence-electron chi connectivity index (χ3n) is 3.29. The fourth-order valence-corrected chi connectivity index (χ4v) is 4.01. The van der Waals surface area contributed by atoms with Crippen LogP contribution in [0, 0.1) is 3.57 Å². The largest absolute Gasteiger partial charge is 0.493 e. The van der Waals surface area contributed by atoms with Gasteiger partial charge in [-0.25, -0.2) is 0 Å². The molecule has 1 heterocycles. The highest BCUT2D eigenvalue weighted by molar-refractivity contribution is 14.1. The number of hydrogen-bond acceptors (Lipinski definition) is 1. The Morgan fingerprint density at radius 2 is 2.05 bits per heavy atom. The fraction of sp³-hybridized carbons (Fsp3) is 0.200. The first-order valence-corrected chi connectivity index (χ1v) is 9.27. The van der Waals surface area contributed by atoms with Crippen LogP contribution in [0.2, 0.25) is 5.02 Å². The van der Waals surface area contributed by atoms with Crippen molar-refractivity contribution in [2.75, 3.05) is 6.61 Å². The SMILES string of the molecule is Clc1cc(C(Br)c2cc(Br)cc3c2OCC3)ccc1I. The average molecular weight is 528 g/mol. The van der Waals surface area contributed by atoms with Gasteiger partial charge in [0.25, 0.3) is 0 Å². The van der Waals surface area contributed by atoms with Gasteiger partial charge in [-0.15, -0.1) is 0 Å². The molecule has 1 aliphatic heterocycles. The van der Waals surface area contributed by atoms with Gasteiger partial charge in [0.05, 0.1) is 16.5 Å². The third-order valence-corrected chi connectivity index (χ3v) is 6.34. The number of alkyl halides is 1. The Morgan fingerprint density at radius 1 is 1.25 bits per heavy atom. The van der Waals surface area contributed by atoms with E-state index in [1.54, 1.807) is 0 Å². The summed E-state index contributed by atoms with van der Waals surface area (Å²) in [4.78, 5) is 0.0707. The molecule has 0 saturated heterocycles. The summed E-state index contributed by atoms with van der Waals surface area (Å²) in [6.45, 7) is 0.756. The van der Waals surface area contributed by atoms with E-state index < -0.39 is 0 Å². The quantitative estimate of drug-likeness (QED) is 0.337. The summed E-state index contributed by atoms with van der Waals surface area (Å²) in [6.07, 6.45) is 0.967. The minimum absolute atomic E-state index is 0.0707. The van der Waals surface area contributed by atoms with Crippen LogP contribution in [0.1, 0.15) is 21.5 Å². The van der Waals surface area contributed by atoms with Gasteiger partial charge < -0.3 is 4.74 Å². The molecule has 0 radical (unpaired) electrons. The molecule has 0 fully saturated rings. The first-order chi connectivity index (χ1) is 9.56. The predicted octanol–water partition coefficient (Wildman–Crippen LogP) is 6.13. The molecule has 2 aromatic carbocycles. The van der Waals surface area contributed by atoms with E-state index >= 15 is 0 Å². The molecule has 1 nitrogen and oxygen atoms in total. The van der Waals surface area contributed by atoms with Crippen LogP contribution < -0.4 is 4.74 Å². The molecule has 0 amide bonds. The summed E-state index contributed by atoms with van der Waals surface area (Å²) in [6, 6.07) is 10.4. The summed E-state index contributed by atoms with van der Waals surface area (Å²) in [5.74, 6) is 1.00. The van der Waals surface area contributed by atoms with E-state index in [1.165, 1.54) is 5.56 Å². The van der Waals surface area contributed by atoms with Gasteiger partial charge in [0.15, 0.2) is 0 Å². The van der Waals surface area contributed by atoms with Crippen molar-refractivity contribution in [3.05, 3.63) is 60.1 Å². The number of halogens is 4. The fourth-order valence-electron chi connectivity index (χ4n) is 2.34. The molecule has 104 valence electrons.